The Morgan fingerprint density at radius 3 is 2.49 bits per heavy atom. The fraction of sp³-hybridized carbons (Fsp3) is 0.357. The Balaban J connectivity index is 1.54. The standard InChI is InChI=1S/C28H31ClN4O2/c1-18(2)16-33-17-22(25-21-7-5-6-8-23(21)30(4)26(25)28(33)35)27(34)32-13-11-31(12-14-32)24-15-20(29)10-9-19(24)3/h5-10,15,17-18H,11-14,16H2,1-4H3. The molecule has 1 amide bonds. The number of hydrogen-bond donors (Lipinski definition) is 0. The van der Waals surface area contributed by atoms with Crippen LogP contribution in [0.5, 0.6) is 0 Å². The van der Waals surface area contributed by atoms with E-state index in [4.69, 9.17) is 11.6 Å². The number of aromatic nitrogens is 2. The first kappa shape index (κ1) is 23.5. The van der Waals surface area contributed by atoms with E-state index in [1.807, 2.05) is 59.0 Å². The van der Waals surface area contributed by atoms with Crippen LogP contribution in [0.3, 0.4) is 0 Å². The highest BCUT2D eigenvalue weighted by molar-refractivity contribution is 6.30. The van der Waals surface area contributed by atoms with Crippen molar-refractivity contribution in [2.24, 2.45) is 13.0 Å². The zero-order valence-corrected chi connectivity index (χ0v) is 21.5. The van der Waals surface area contributed by atoms with Crippen LogP contribution in [0, 0.1) is 12.8 Å². The topological polar surface area (TPSA) is 50.5 Å². The number of fused-ring (bicyclic) bond motifs is 3. The summed E-state index contributed by atoms with van der Waals surface area (Å²) in [5, 5.41) is 2.41. The smallest absolute Gasteiger partial charge is 0.275 e. The molecule has 1 aliphatic heterocycles. The third-order valence-corrected chi connectivity index (χ3v) is 7.23. The molecule has 7 heteroatoms. The number of pyridine rings is 1. The summed E-state index contributed by atoms with van der Waals surface area (Å²) in [6.45, 7) is 9.50. The molecule has 182 valence electrons. The zero-order chi connectivity index (χ0) is 24.9. The second-order valence-electron chi connectivity index (χ2n) is 9.90. The van der Waals surface area contributed by atoms with E-state index in [0.29, 0.717) is 30.7 Å². The summed E-state index contributed by atoms with van der Waals surface area (Å²) in [7, 11) is 1.91. The minimum Gasteiger partial charge on any atom is -0.368 e. The minimum atomic E-state index is -0.0507. The van der Waals surface area contributed by atoms with E-state index < -0.39 is 0 Å². The van der Waals surface area contributed by atoms with Gasteiger partial charge in [-0.2, -0.15) is 0 Å². The number of para-hydroxylation sites is 1. The first-order valence-electron chi connectivity index (χ1n) is 12.2. The Bertz CT molecular complexity index is 1490. The van der Waals surface area contributed by atoms with Gasteiger partial charge >= 0.3 is 0 Å². The van der Waals surface area contributed by atoms with Crippen LogP contribution in [0.25, 0.3) is 21.8 Å². The lowest BCUT2D eigenvalue weighted by Crippen LogP contribution is -2.49. The summed E-state index contributed by atoms with van der Waals surface area (Å²) < 4.78 is 3.64. The van der Waals surface area contributed by atoms with E-state index in [2.05, 4.69) is 25.7 Å². The molecule has 2 aromatic heterocycles. The zero-order valence-electron chi connectivity index (χ0n) is 20.7. The maximum atomic E-state index is 13.9. The number of halogens is 1. The van der Waals surface area contributed by atoms with Crippen molar-refractivity contribution in [3.63, 3.8) is 0 Å². The van der Waals surface area contributed by atoms with Gasteiger partial charge in [0, 0.05) is 73.0 Å². The minimum absolute atomic E-state index is 0.0219. The number of nitrogens with zero attached hydrogens (tertiary/aromatic N) is 4. The number of piperazine rings is 1. The number of rotatable bonds is 4. The van der Waals surface area contributed by atoms with E-state index >= 15 is 0 Å². The molecule has 0 aliphatic carbocycles. The first-order valence-corrected chi connectivity index (χ1v) is 12.5. The summed E-state index contributed by atoms with van der Waals surface area (Å²) in [6, 6.07) is 13.9. The number of carbonyl (C=O) groups excluding carboxylic acids is 1. The van der Waals surface area contributed by atoms with Crippen LogP contribution in [0.2, 0.25) is 5.02 Å². The van der Waals surface area contributed by atoms with Crippen molar-refractivity contribution in [2.45, 2.75) is 27.3 Å². The van der Waals surface area contributed by atoms with Crippen LogP contribution in [0.1, 0.15) is 29.8 Å². The molecule has 0 radical (unpaired) electrons. The molecule has 4 aromatic rings. The molecule has 5 rings (SSSR count). The van der Waals surface area contributed by atoms with Gasteiger partial charge in [-0.3, -0.25) is 9.59 Å². The fourth-order valence-electron chi connectivity index (χ4n) is 5.27. The van der Waals surface area contributed by atoms with Crippen molar-refractivity contribution < 1.29 is 4.79 Å². The van der Waals surface area contributed by atoms with Gasteiger partial charge in [-0.1, -0.05) is 49.7 Å². The summed E-state index contributed by atoms with van der Waals surface area (Å²) in [6.07, 6.45) is 1.78. The van der Waals surface area contributed by atoms with Gasteiger partial charge in [-0.25, -0.2) is 0 Å². The monoisotopic (exact) mass is 490 g/mol. The summed E-state index contributed by atoms with van der Waals surface area (Å²) >= 11 is 6.24. The lowest BCUT2D eigenvalue weighted by atomic mass is 10.1. The van der Waals surface area contributed by atoms with Crippen molar-refractivity contribution in [3.8, 4) is 0 Å². The predicted molar refractivity (Wildman–Crippen MR) is 144 cm³/mol. The Hall–Kier alpha value is -3.25. The van der Waals surface area contributed by atoms with Crippen molar-refractivity contribution >= 4 is 45.0 Å². The normalized spacial score (nSPS) is 14.5. The summed E-state index contributed by atoms with van der Waals surface area (Å²) in [5.41, 5.74) is 4.39. The van der Waals surface area contributed by atoms with E-state index in [1.54, 1.807) is 10.8 Å². The molecule has 6 nitrogen and oxygen atoms in total. The maximum absolute atomic E-state index is 13.9. The highest BCUT2D eigenvalue weighted by Gasteiger charge is 2.27. The van der Waals surface area contributed by atoms with Crippen molar-refractivity contribution in [2.75, 3.05) is 31.1 Å². The van der Waals surface area contributed by atoms with Gasteiger partial charge in [0.05, 0.1) is 5.56 Å². The maximum Gasteiger partial charge on any atom is 0.275 e. The van der Waals surface area contributed by atoms with Gasteiger partial charge in [0.25, 0.3) is 11.5 Å². The van der Waals surface area contributed by atoms with Gasteiger partial charge in [-0.05, 0) is 36.6 Å². The van der Waals surface area contributed by atoms with Gasteiger partial charge in [0.15, 0.2) is 0 Å². The molecule has 2 aromatic carbocycles. The van der Waals surface area contributed by atoms with Crippen molar-refractivity contribution in [1.29, 1.82) is 0 Å². The van der Waals surface area contributed by atoms with Gasteiger partial charge in [-0.15, -0.1) is 0 Å². The molecule has 0 unspecified atom stereocenters. The highest BCUT2D eigenvalue weighted by Crippen LogP contribution is 2.31. The summed E-state index contributed by atoms with van der Waals surface area (Å²) in [5.74, 6) is 0.263. The van der Waals surface area contributed by atoms with Crippen LogP contribution in [-0.4, -0.2) is 46.1 Å². The lowest BCUT2D eigenvalue weighted by molar-refractivity contribution is 0.0748. The molecule has 0 spiro atoms. The van der Waals surface area contributed by atoms with Gasteiger partial charge in [0.2, 0.25) is 0 Å². The molecule has 0 saturated carbocycles. The Labute approximate surface area is 210 Å². The Morgan fingerprint density at radius 1 is 1.06 bits per heavy atom. The Morgan fingerprint density at radius 2 is 1.77 bits per heavy atom. The number of benzene rings is 2. The highest BCUT2D eigenvalue weighted by atomic mass is 35.5. The largest absolute Gasteiger partial charge is 0.368 e. The van der Waals surface area contributed by atoms with Gasteiger partial charge < -0.3 is 18.9 Å². The molecule has 0 bridgehead atoms. The van der Waals surface area contributed by atoms with E-state index in [1.165, 1.54) is 5.56 Å². The fourth-order valence-corrected chi connectivity index (χ4v) is 5.43. The van der Waals surface area contributed by atoms with Crippen LogP contribution < -0.4 is 10.5 Å². The average molecular weight is 491 g/mol. The molecule has 1 fully saturated rings. The molecule has 35 heavy (non-hydrogen) atoms. The molecular weight excluding hydrogens is 460 g/mol. The Kier molecular flexibility index (Phi) is 6.09. The first-order chi connectivity index (χ1) is 16.8. The average Bonchev–Trinajstić information content (AvgIpc) is 3.15. The van der Waals surface area contributed by atoms with Crippen molar-refractivity contribution in [1.82, 2.24) is 14.0 Å². The number of carbonyl (C=O) groups is 1. The number of aryl methyl sites for hydroxylation is 2. The third kappa shape index (κ3) is 4.10. The second kappa shape index (κ2) is 9.08. The molecule has 3 heterocycles. The molecule has 0 N–H and O–H groups in total. The molecule has 1 saturated heterocycles. The van der Waals surface area contributed by atoms with Crippen LogP contribution >= 0.6 is 11.6 Å². The summed E-state index contributed by atoms with van der Waals surface area (Å²) in [4.78, 5) is 31.6. The molecular formula is C28H31ClN4O2. The van der Waals surface area contributed by atoms with Crippen LogP contribution in [0.4, 0.5) is 5.69 Å². The van der Waals surface area contributed by atoms with Crippen LogP contribution in [0.15, 0.2) is 53.5 Å². The number of hydrogen-bond acceptors (Lipinski definition) is 3. The van der Waals surface area contributed by atoms with Crippen molar-refractivity contribution in [3.05, 3.63) is 75.2 Å². The van der Waals surface area contributed by atoms with Gasteiger partial charge in [0.1, 0.15) is 5.52 Å². The second-order valence-corrected chi connectivity index (χ2v) is 10.3. The third-order valence-electron chi connectivity index (χ3n) is 7.00. The molecule has 1 aliphatic rings. The predicted octanol–water partition coefficient (Wildman–Crippen LogP) is 5.07. The van der Waals surface area contributed by atoms with E-state index in [9.17, 15) is 9.59 Å². The SMILES string of the molecule is Cc1ccc(Cl)cc1N1CCN(C(=O)c2cn(CC(C)C)c(=O)c3c2c2ccccc2n3C)CC1. The number of anilines is 1. The molecule has 0 atom stereocenters. The van der Waals surface area contributed by atoms with E-state index in [0.717, 1.165) is 40.1 Å². The lowest BCUT2D eigenvalue weighted by Gasteiger charge is -2.37. The number of amides is 1. The quantitative estimate of drug-likeness (QED) is 0.401. The van der Waals surface area contributed by atoms with Crippen LogP contribution in [-0.2, 0) is 13.6 Å². The van der Waals surface area contributed by atoms with E-state index in [-0.39, 0.29) is 17.4 Å².